The van der Waals surface area contributed by atoms with E-state index < -0.39 is 0 Å². The van der Waals surface area contributed by atoms with Crippen LogP contribution in [0.3, 0.4) is 0 Å². The molecule has 2 aliphatic carbocycles. The lowest BCUT2D eigenvalue weighted by Gasteiger charge is -2.36. The lowest BCUT2D eigenvalue weighted by atomic mass is 9.87. The molecule has 134 valence electrons. The van der Waals surface area contributed by atoms with Crippen LogP contribution in [-0.4, -0.2) is 40.7 Å². The fraction of sp³-hybridized carbons (Fsp3) is 0.842. The molecule has 4 amide bonds. The summed E-state index contributed by atoms with van der Waals surface area (Å²) < 4.78 is 0. The maximum Gasteiger partial charge on any atom is 0.333 e. The van der Waals surface area contributed by atoms with Crippen LogP contribution in [0.4, 0.5) is 4.79 Å². The van der Waals surface area contributed by atoms with Gasteiger partial charge in [-0.25, -0.2) is 4.79 Å². The van der Waals surface area contributed by atoms with Gasteiger partial charge in [-0.1, -0.05) is 51.4 Å². The summed E-state index contributed by atoms with van der Waals surface area (Å²) in [5.74, 6) is 0.439. The molecule has 5 nitrogen and oxygen atoms in total. The summed E-state index contributed by atoms with van der Waals surface area (Å²) in [4.78, 5) is 39.8. The molecule has 0 aromatic rings. The zero-order valence-corrected chi connectivity index (χ0v) is 14.7. The van der Waals surface area contributed by atoms with Gasteiger partial charge in [-0.2, -0.15) is 0 Å². The van der Waals surface area contributed by atoms with E-state index in [4.69, 9.17) is 0 Å². The van der Waals surface area contributed by atoms with Gasteiger partial charge in [0.15, 0.2) is 0 Å². The van der Waals surface area contributed by atoms with E-state index in [0.29, 0.717) is 24.9 Å². The number of hydrogen-bond acceptors (Lipinski definition) is 3. The van der Waals surface area contributed by atoms with E-state index in [0.717, 1.165) is 19.3 Å². The Morgan fingerprint density at radius 3 is 1.88 bits per heavy atom. The van der Waals surface area contributed by atoms with Gasteiger partial charge in [-0.3, -0.25) is 19.4 Å². The van der Waals surface area contributed by atoms with Crippen molar-refractivity contribution in [1.29, 1.82) is 0 Å². The third-order valence-corrected chi connectivity index (χ3v) is 6.02. The Morgan fingerprint density at radius 2 is 1.25 bits per heavy atom. The second-order valence-corrected chi connectivity index (χ2v) is 7.81. The number of urea groups is 1. The highest BCUT2D eigenvalue weighted by molar-refractivity contribution is 6.14. The smallest absolute Gasteiger partial charge is 0.274 e. The maximum absolute atomic E-state index is 12.7. The summed E-state index contributed by atoms with van der Waals surface area (Å²) in [6, 6.07) is -0.363. The van der Waals surface area contributed by atoms with Crippen molar-refractivity contribution in [3.8, 4) is 0 Å². The second-order valence-electron chi connectivity index (χ2n) is 7.81. The number of carbonyl (C=O) groups is 3. The number of nitrogens with zero attached hydrogens (tertiary/aromatic N) is 2. The SMILES string of the molecule is O=C1CC(=O)N(CC2CCCCC2)C(=O)N1CCC1CCCCC1. The lowest BCUT2D eigenvalue weighted by Crippen LogP contribution is -2.56. The number of amides is 4. The first-order chi connectivity index (χ1) is 11.6. The quantitative estimate of drug-likeness (QED) is 0.720. The highest BCUT2D eigenvalue weighted by Crippen LogP contribution is 2.28. The van der Waals surface area contributed by atoms with E-state index in [1.165, 1.54) is 61.2 Å². The molecule has 0 N–H and O–H groups in total. The van der Waals surface area contributed by atoms with Gasteiger partial charge >= 0.3 is 6.03 Å². The van der Waals surface area contributed by atoms with Crippen molar-refractivity contribution < 1.29 is 14.4 Å². The molecule has 0 unspecified atom stereocenters. The van der Waals surface area contributed by atoms with Gasteiger partial charge in [0.1, 0.15) is 6.42 Å². The normalized spacial score (nSPS) is 24.8. The Labute approximate surface area is 144 Å². The van der Waals surface area contributed by atoms with Crippen LogP contribution in [0.5, 0.6) is 0 Å². The van der Waals surface area contributed by atoms with Gasteiger partial charge in [-0.05, 0) is 31.1 Å². The molecule has 3 rings (SSSR count). The molecule has 0 spiro atoms. The Bertz CT molecular complexity index is 479. The van der Waals surface area contributed by atoms with Crippen molar-refractivity contribution in [2.75, 3.05) is 13.1 Å². The highest BCUT2D eigenvalue weighted by atomic mass is 16.2. The average molecular weight is 334 g/mol. The summed E-state index contributed by atoms with van der Waals surface area (Å²) >= 11 is 0. The largest absolute Gasteiger partial charge is 0.333 e. The molecule has 24 heavy (non-hydrogen) atoms. The zero-order chi connectivity index (χ0) is 16.9. The molecule has 0 atom stereocenters. The molecule has 1 saturated heterocycles. The maximum atomic E-state index is 12.7. The number of barbiturate groups is 1. The van der Waals surface area contributed by atoms with Crippen molar-refractivity contribution in [2.45, 2.75) is 77.0 Å². The van der Waals surface area contributed by atoms with Crippen LogP contribution in [0.1, 0.15) is 77.0 Å². The predicted octanol–water partition coefficient (Wildman–Crippen LogP) is 3.72. The highest BCUT2D eigenvalue weighted by Gasteiger charge is 2.38. The van der Waals surface area contributed by atoms with Crippen LogP contribution in [-0.2, 0) is 9.59 Å². The van der Waals surface area contributed by atoms with Gasteiger partial charge in [0.2, 0.25) is 11.8 Å². The second kappa shape index (κ2) is 8.13. The van der Waals surface area contributed by atoms with Gasteiger partial charge in [0.25, 0.3) is 0 Å². The molecule has 1 heterocycles. The van der Waals surface area contributed by atoms with Crippen LogP contribution in [0.2, 0.25) is 0 Å². The molecule has 3 aliphatic rings. The summed E-state index contributed by atoms with van der Waals surface area (Å²) in [5.41, 5.74) is 0. The monoisotopic (exact) mass is 334 g/mol. The summed E-state index contributed by atoms with van der Waals surface area (Å²) in [7, 11) is 0. The first-order valence-corrected chi connectivity index (χ1v) is 9.80. The van der Waals surface area contributed by atoms with Crippen LogP contribution < -0.4 is 0 Å². The summed E-state index contributed by atoms with van der Waals surface area (Å²) in [6.45, 7) is 0.988. The van der Waals surface area contributed by atoms with Crippen molar-refractivity contribution >= 4 is 17.8 Å². The molecule has 0 aromatic carbocycles. The van der Waals surface area contributed by atoms with E-state index in [1.54, 1.807) is 0 Å². The number of imide groups is 2. The topological polar surface area (TPSA) is 57.7 Å². The minimum absolute atomic E-state index is 0.136. The Kier molecular flexibility index (Phi) is 5.90. The molecule has 3 fully saturated rings. The van der Waals surface area contributed by atoms with Gasteiger partial charge < -0.3 is 0 Å². The third kappa shape index (κ3) is 4.17. The number of carbonyl (C=O) groups excluding carboxylic acids is 3. The molecular formula is C19H30N2O3. The standard InChI is InChI=1S/C19H30N2O3/c22-17-13-18(23)21(14-16-9-5-2-6-10-16)19(24)20(17)12-11-15-7-3-1-4-8-15/h15-16H,1-14H2. The minimum atomic E-state index is -0.363. The average Bonchev–Trinajstić information content (AvgIpc) is 2.60. The molecule has 2 saturated carbocycles. The Hall–Kier alpha value is -1.39. The van der Waals surface area contributed by atoms with Crippen molar-refractivity contribution in [3.05, 3.63) is 0 Å². The van der Waals surface area contributed by atoms with Crippen LogP contribution in [0.25, 0.3) is 0 Å². The van der Waals surface area contributed by atoms with E-state index in [9.17, 15) is 14.4 Å². The third-order valence-electron chi connectivity index (χ3n) is 6.02. The van der Waals surface area contributed by atoms with Crippen molar-refractivity contribution in [2.24, 2.45) is 11.8 Å². The zero-order valence-electron chi connectivity index (χ0n) is 14.7. The number of hydrogen-bond donors (Lipinski definition) is 0. The summed E-state index contributed by atoms with van der Waals surface area (Å²) in [5, 5.41) is 0. The van der Waals surface area contributed by atoms with E-state index >= 15 is 0 Å². The molecule has 0 aromatic heterocycles. The Morgan fingerprint density at radius 1 is 0.708 bits per heavy atom. The molecule has 0 bridgehead atoms. The molecule has 1 aliphatic heterocycles. The van der Waals surface area contributed by atoms with Crippen molar-refractivity contribution in [3.63, 3.8) is 0 Å². The Balaban J connectivity index is 1.57. The molecule has 0 radical (unpaired) electrons. The van der Waals surface area contributed by atoms with Crippen LogP contribution >= 0.6 is 0 Å². The number of rotatable bonds is 5. The fourth-order valence-electron chi connectivity index (χ4n) is 4.49. The predicted molar refractivity (Wildman–Crippen MR) is 91.2 cm³/mol. The summed E-state index contributed by atoms with van der Waals surface area (Å²) in [6.07, 6.45) is 12.8. The first kappa shape index (κ1) is 17.4. The lowest BCUT2D eigenvalue weighted by molar-refractivity contribution is -0.143. The molecular weight excluding hydrogens is 304 g/mol. The minimum Gasteiger partial charge on any atom is -0.274 e. The van der Waals surface area contributed by atoms with Crippen molar-refractivity contribution in [1.82, 2.24) is 9.80 Å². The molecule has 5 heteroatoms. The van der Waals surface area contributed by atoms with Crippen LogP contribution in [0.15, 0.2) is 0 Å². The van der Waals surface area contributed by atoms with E-state index in [-0.39, 0.29) is 24.3 Å². The van der Waals surface area contributed by atoms with E-state index in [2.05, 4.69) is 0 Å². The van der Waals surface area contributed by atoms with E-state index in [1.807, 2.05) is 0 Å². The first-order valence-electron chi connectivity index (χ1n) is 9.80. The fourth-order valence-corrected chi connectivity index (χ4v) is 4.49. The van der Waals surface area contributed by atoms with Gasteiger partial charge in [-0.15, -0.1) is 0 Å². The van der Waals surface area contributed by atoms with Gasteiger partial charge in [0.05, 0.1) is 0 Å². The van der Waals surface area contributed by atoms with Gasteiger partial charge in [0, 0.05) is 13.1 Å². The van der Waals surface area contributed by atoms with Crippen LogP contribution in [0, 0.1) is 11.8 Å².